The molecule has 1 aromatic rings. The van der Waals surface area contributed by atoms with Gasteiger partial charge < -0.3 is 10.6 Å². The van der Waals surface area contributed by atoms with E-state index in [9.17, 15) is 12.8 Å². The molecule has 106 valence electrons. The van der Waals surface area contributed by atoms with Crippen molar-refractivity contribution in [1.82, 2.24) is 0 Å². The highest BCUT2D eigenvalue weighted by Gasteiger charge is 2.32. The number of hydrogen-bond donors (Lipinski definition) is 1. The maximum atomic E-state index is 13.3. The molecule has 2 rings (SSSR count). The van der Waals surface area contributed by atoms with Gasteiger partial charge in [-0.25, -0.2) is 12.8 Å². The van der Waals surface area contributed by atoms with Gasteiger partial charge in [-0.1, -0.05) is 6.07 Å². The van der Waals surface area contributed by atoms with Crippen molar-refractivity contribution < 1.29 is 12.8 Å². The summed E-state index contributed by atoms with van der Waals surface area (Å²) in [5, 5.41) is 0. The molecule has 1 heterocycles. The monoisotopic (exact) mass is 286 g/mol. The minimum Gasteiger partial charge on any atom is -0.367 e. The third kappa shape index (κ3) is 3.67. The first-order chi connectivity index (χ1) is 9.02. The van der Waals surface area contributed by atoms with Gasteiger partial charge in [0.1, 0.15) is 5.82 Å². The van der Waals surface area contributed by atoms with E-state index in [0.717, 1.165) is 12.1 Å². The van der Waals surface area contributed by atoms with Crippen LogP contribution in [0.25, 0.3) is 0 Å². The van der Waals surface area contributed by atoms with Crippen molar-refractivity contribution in [1.29, 1.82) is 0 Å². The van der Waals surface area contributed by atoms with E-state index in [1.54, 1.807) is 6.07 Å². The Morgan fingerprint density at radius 3 is 2.79 bits per heavy atom. The quantitative estimate of drug-likeness (QED) is 0.882. The lowest BCUT2D eigenvalue weighted by atomic mass is 10.1. The second-order valence-electron chi connectivity index (χ2n) is 4.87. The summed E-state index contributed by atoms with van der Waals surface area (Å²) in [5.41, 5.74) is 6.25. The van der Waals surface area contributed by atoms with Gasteiger partial charge in [-0.3, -0.25) is 0 Å². The zero-order valence-corrected chi connectivity index (χ0v) is 11.6. The number of nitrogens with zero attached hydrogens (tertiary/aromatic N) is 1. The summed E-state index contributed by atoms with van der Waals surface area (Å²) < 4.78 is 36.5. The van der Waals surface area contributed by atoms with Crippen LogP contribution in [-0.2, 0) is 9.84 Å². The number of sulfone groups is 1. The Balaban J connectivity index is 2.21. The van der Waals surface area contributed by atoms with Gasteiger partial charge in [-0.15, -0.1) is 0 Å². The lowest BCUT2D eigenvalue weighted by Gasteiger charge is -2.30. The molecule has 0 bridgehead atoms. The molecule has 19 heavy (non-hydrogen) atoms. The van der Waals surface area contributed by atoms with Crippen LogP contribution in [0, 0.1) is 5.82 Å². The minimum atomic E-state index is -2.95. The molecule has 1 aromatic carbocycles. The number of halogens is 1. The standard InChI is InChI=1S/C13H19FN2O2S/c14-11-3-1-4-12(9-11)16(7-2-6-15)13-5-8-19(17,18)10-13/h1,3-4,9,13H,2,5-8,10,15H2. The Kier molecular flexibility index (Phi) is 4.42. The molecule has 0 spiro atoms. The number of nitrogens with two attached hydrogens (primary N) is 1. The minimum absolute atomic E-state index is 0.0710. The molecule has 1 aliphatic rings. The van der Waals surface area contributed by atoms with Crippen molar-refractivity contribution in [2.24, 2.45) is 5.73 Å². The Morgan fingerprint density at radius 2 is 2.21 bits per heavy atom. The van der Waals surface area contributed by atoms with Crippen molar-refractivity contribution in [3.8, 4) is 0 Å². The zero-order valence-electron chi connectivity index (χ0n) is 10.8. The summed E-state index contributed by atoms with van der Waals surface area (Å²) >= 11 is 0. The molecule has 0 aromatic heterocycles. The molecular weight excluding hydrogens is 267 g/mol. The summed E-state index contributed by atoms with van der Waals surface area (Å²) in [7, 11) is -2.95. The first-order valence-electron chi connectivity index (χ1n) is 6.44. The number of benzene rings is 1. The highest BCUT2D eigenvalue weighted by Crippen LogP contribution is 2.25. The molecule has 0 aliphatic carbocycles. The van der Waals surface area contributed by atoms with Gasteiger partial charge in [0.15, 0.2) is 9.84 Å². The van der Waals surface area contributed by atoms with Gasteiger partial charge in [-0.2, -0.15) is 0 Å². The van der Waals surface area contributed by atoms with E-state index in [1.807, 2.05) is 11.0 Å². The maximum absolute atomic E-state index is 13.3. The summed E-state index contributed by atoms with van der Waals surface area (Å²) in [6, 6.07) is 6.21. The zero-order chi connectivity index (χ0) is 13.9. The van der Waals surface area contributed by atoms with Crippen LogP contribution in [0.1, 0.15) is 12.8 Å². The normalized spacial score (nSPS) is 21.5. The second kappa shape index (κ2) is 5.88. The molecule has 1 aliphatic heterocycles. The van der Waals surface area contributed by atoms with Gasteiger partial charge >= 0.3 is 0 Å². The molecule has 1 unspecified atom stereocenters. The van der Waals surface area contributed by atoms with Crippen LogP contribution >= 0.6 is 0 Å². The van der Waals surface area contributed by atoms with Crippen LogP contribution < -0.4 is 10.6 Å². The van der Waals surface area contributed by atoms with Crippen molar-refractivity contribution in [3.63, 3.8) is 0 Å². The van der Waals surface area contributed by atoms with E-state index in [1.165, 1.54) is 12.1 Å². The molecule has 1 saturated heterocycles. The van der Waals surface area contributed by atoms with Gasteiger partial charge in [0.25, 0.3) is 0 Å². The third-order valence-electron chi connectivity index (χ3n) is 3.39. The lowest BCUT2D eigenvalue weighted by Crippen LogP contribution is -2.37. The molecule has 0 saturated carbocycles. The van der Waals surface area contributed by atoms with Crippen molar-refractivity contribution >= 4 is 15.5 Å². The van der Waals surface area contributed by atoms with Crippen LogP contribution in [0.3, 0.4) is 0 Å². The fraction of sp³-hybridized carbons (Fsp3) is 0.538. The molecule has 0 amide bonds. The molecule has 1 fully saturated rings. The lowest BCUT2D eigenvalue weighted by molar-refractivity contribution is 0.596. The topological polar surface area (TPSA) is 63.4 Å². The number of anilines is 1. The Labute approximate surface area is 113 Å². The van der Waals surface area contributed by atoms with E-state index >= 15 is 0 Å². The predicted molar refractivity (Wildman–Crippen MR) is 74.5 cm³/mol. The third-order valence-corrected chi connectivity index (χ3v) is 5.14. The van der Waals surface area contributed by atoms with Gasteiger partial charge in [0.05, 0.1) is 11.5 Å². The Bertz CT molecular complexity index is 533. The molecular formula is C13H19FN2O2S. The molecule has 2 N–H and O–H groups in total. The average molecular weight is 286 g/mol. The summed E-state index contributed by atoms with van der Waals surface area (Å²) in [4.78, 5) is 1.97. The van der Waals surface area contributed by atoms with Gasteiger partial charge in [0.2, 0.25) is 0 Å². The van der Waals surface area contributed by atoms with E-state index in [4.69, 9.17) is 5.73 Å². The molecule has 0 radical (unpaired) electrons. The maximum Gasteiger partial charge on any atom is 0.152 e. The number of hydrogen-bond acceptors (Lipinski definition) is 4. The Hall–Kier alpha value is -1.14. The SMILES string of the molecule is NCCCN(c1cccc(F)c1)C1CCS(=O)(=O)C1. The van der Waals surface area contributed by atoms with Gasteiger partial charge in [0, 0.05) is 18.3 Å². The highest BCUT2D eigenvalue weighted by atomic mass is 32.2. The summed E-state index contributed by atoms with van der Waals surface area (Å²) in [6.07, 6.45) is 1.36. The van der Waals surface area contributed by atoms with E-state index < -0.39 is 9.84 Å². The largest absolute Gasteiger partial charge is 0.367 e. The molecule has 4 nitrogen and oxygen atoms in total. The van der Waals surface area contributed by atoms with Crippen LogP contribution in [-0.4, -0.2) is 39.1 Å². The van der Waals surface area contributed by atoms with E-state index in [0.29, 0.717) is 19.5 Å². The molecule has 6 heteroatoms. The van der Waals surface area contributed by atoms with E-state index in [2.05, 4.69) is 0 Å². The Morgan fingerprint density at radius 1 is 1.42 bits per heavy atom. The van der Waals surface area contributed by atoms with Crippen molar-refractivity contribution in [2.75, 3.05) is 29.5 Å². The van der Waals surface area contributed by atoms with Crippen LogP contribution in [0.2, 0.25) is 0 Å². The van der Waals surface area contributed by atoms with Crippen molar-refractivity contribution in [3.05, 3.63) is 30.1 Å². The first kappa shape index (κ1) is 14.3. The highest BCUT2D eigenvalue weighted by molar-refractivity contribution is 7.91. The van der Waals surface area contributed by atoms with Crippen molar-refractivity contribution in [2.45, 2.75) is 18.9 Å². The molecule has 1 atom stereocenters. The smallest absolute Gasteiger partial charge is 0.152 e. The van der Waals surface area contributed by atoms with Crippen LogP contribution in [0.15, 0.2) is 24.3 Å². The van der Waals surface area contributed by atoms with Crippen LogP contribution in [0.4, 0.5) is 10.1 Å². The average Bonchev–Trinajstić information content (AvgIpc) is 2.70. The predicted octanol–water partition coefficient (Wildman–Crippen LogP) is 1.17. The van der Waals surface area contributed by atoms with Crippen LogP contribution in [0.5, 0.6) is 0 Å². The first-order valence-corrected chi connectivity index (χ1v) is 8.27. The fourth-order valence-corrected chi connectivity index (χ4v) is 4.19. The summed E-state index contributed by atoms with van der Waals surface area (Å²) in [5.74, 6) is 0.0521. The second-order valence-corrected chi connectivity index (χ2v) is 7.10. The summed E-state index contributed by atoms with van der Waals surface area (Å²) in [6.45, 7) is 1.19. The van der Waals surface area contributed by atoms with E-state index in [-0.39, 0.29) is 23.4 Å². The fourth-order valence-electron chi connectivity index (χ4n) is 2.46. The van der Waals surface area contributed by atoms with Gasteiger partial charge in [-0.05, 0) is 37.6 Å². The number of rotatable bonds is 5.